The molecule has 0 spiro atoms. The van der Waals surface area contributed by atoms with Gasteiger partial charge in [-0.3, -0.25) is 9.59 Å². The summed E-state index contributed by atoms with van der Waals surface area (Å²) in [7, 11) is 3.51. The number of aryl methyl sites for hydroxylation is 1. The minimum atomic E-state index is -0.155. The maximum Gasteiger partial charge on any atom is 0.293 e. The van der Waals surface area contributed by atoms with Crippen molar-refractivity contribution in [2.24, 2.45) is 7.05 Å². The van der Waals surface area contributed by atoms with E-state index in [9.17, 15) is 9.59 Å². The first-order valence-corrected chi connectivity index (χ1v) is 8.66. The number of aromatic nitrogens is 2. The van der Waals surface area contributed by atoms with Crippen LogP contribution in [0.1, 0.15) is 10.4 Å². The molecule has 8 heteroatoms. The summed E-state index contributed by atoms with van der Waals surface area (Å²) < 4.78 is 7.26. The van der Waals surface area contributed by atoms with E-state index >= 15 is 0 Å². The molecule has 0 aromatic carbocycles. The van der Waals surface area contributed by atoms with Crippen LogP contribution in [0.2, 0.25) is 0 Å². The van der Waals surface area contributed by atoms with Gasteiger partial charge in [-0.2, -0.15) is 11.3 Å². The molecule has 1 fully saturated rings. The van der Waals surface area contributed by atoms with Gasteiger partial charge in [-0.1, -0.05) is 0 Å². The van der Waals surface area contributed by atoms with Crippen molar-refractivity contribution in [1.82, 2.24) is 14.5 Å². The normalized spacial score (nSPS) is 17.8. The molecule has 0 bridgehead atoms. The Morgan fingerprint density at radius 2 is 2.38 bits per heavy atom. The van der Waals surface area contributed by atoms with Crippen LogP contribution < -0.4 is 10.5 Å². The second-order valence-electron chi connectivity index (χ2n) is 5.80. The standard InChI is InChI=1S/C16H20N4O3S/c1-18-5-4-17-14(16(18)22)19(2)9-13-10-20(6-7-23-13)15(21)12-3-8-24-11-12/h3-5,8,11,13H,6-7,9-10H2,1-2H3/t13-/m0/s1. The molecule has 24 heavy (non-hydrogen) atoms. The van der Waals surface area contributed by atoms with E-state index in [1.165, 1.54) is 15.9 Å². The van der Waals surface area contributed by atoms with E-state index < -0.39 is 0 Å². The number of likely N-dealkylation sites (N-methyl/N-ethyl adjacent to an activating group) is 1. The van der Waals surface area contributed by atoms with Crippen molar-refractivity contribution < 1.29 is 9.53 Å². The van der Waals surface area contributed by atoms with E-state index in [-0.39, 0.29) is 17.6 Å². The van der Waals surface area contributed by atoms with Crippen molar-refractivity contribution in [1.29, 1.82) is 0 Å². The van der Waals surface area contributed by atoms with Crippen LogP contribution in [0.15, 0.2) is 34.0 Å². The lowest BCUT2D eigenvalue weighted by molar-refractivity contribution is -0.0171. The highest BCUT2D eigenvalue weighted by Crippen LogP contribution is 2.14. The van der Waals surface area contributed by atoms with E-state index in [0.717, 1.165) is 0 Å². The highest BCUT2D eigenvalue weighted by molar-refractivity contribution is 7.08. The highest BCUT2D eigenvalue weighted by Gasteiger charge is 2.26. The Hall–Kier alpha value is -2.19. The molecule has 1 atom stereocenters. The Balaban J connectivity index is 1.66. The number of thiophene rings is 1. The van der Waals surface area contributed by atoms with Gasteiger partial charge >= 0.3 is 0 Å². The average molecular weight is 348 g/mol. The first-order chi connectivity index (χ1) is 11.6. The molecule has 0 radical (unpaired) electrons. The summed E-state index contributed by atoms with van der Waals surface area (Å²) in [5.74, 6) is 0.408. The average Bonchev–Trinajstić information content (AvgIpc) is 3.11. The van der Waals surface area contributed by atoms with Gasteiger partial charge in [-0.25, -0.2) is 4.98 Å². The summed E-state index contributed by atoms with van der Waals surface area (Å²) in [4.78, 5) is 32.3. The fourth-order valence-electron chi connectivity index (χ4n) is 2.72. The van der Waals surface area contributed by atoms with Crippen molar-refractivity contribution in [3.63, 3.8) is 0 Å². The maximum atomic E-state index is 12.5. The van der Waals surface area contributed by atoms with Crippen LogP contribution >= 0.6 is 11.3 Å². The molecular weight excluding hydrogens is 328 g/mol. The van der Waals surface area contributed by atoms with Crippen molar-refractivity contribution in [3.05, 3.63) is 45.1 Å². The van der Waals surface area contributed by atoms with Gasteiger partial charge in [0.15, 0.2) is 5.82 Å². The molecule has 1 amide bonds. The van der Waals surface area contributed by atoms with Gasteiger partial charge in [0.2, 0.25) is 0 Å². The van der Waals surface area contributed by atoms with E-state index in [1.54, 1.807) is 29.2 Å². The van der Waals surface area contributed by atoms with Gasteiger partial charge in [0.1, 0.15) is 0 Å². The number of ether oxygens (including phenoxy) is 1. The fourth-order valence-corrected chi connectivity index (χ4v) is 3.35. The minimum Gasteiger partial charge on any atom is -0.373 e. The first-order valence-electron chi connectivity index (χ1n) is 7.72. The monoisotopic (exact) mass is 348 g/mol. The predicted molar refractivity (Wildman–Crippen MR) is 92.7 cm³/mol. The molecule has 3 rings (SSSR count). The van der Waals surface area contributed by atoms with Crippen LogP contribution in [0.5, 0.6) is 0 Å². The topological polar surface area (TPSA) is 67.7 Å². The smallest absolute Gasteiger partial charge is 0.293 e. The van der Waals surface area contributed by atoms with Crippen molar-refractivity contribution in [3.8, 4) is 0 Å². The molecule has 0 saturated carbocycles. The largest absolute Gasteiger partial charge is 0.373 e. The predicted octanol–water partition coefficient (Wildman–Crippen LogP) is 0.819. The number of morpholine rings is 1. The van der Waals surface area contributed by atoms with Crippen LogP contribution in [0.3, 0.4) is 0 Å². The molecule has 0 aliphatic carbocycles. The summed E-state index contributed by atoms with van der Waals surface area (Å²) in [6.45, 7) is 2.08. The highest BCUT2D eigenvalue weighted by atomic mass is 32.1. The van der Waals surface area contributed by atoms with Gasteiger partial charge in [0, 0.05) is 51.5 Å². The Morgan fingerprint density at radius 3 is 3.12 bits per heavy atom. The van der Waals surface area contributed by atoms with Crippen molar-refractivity contribution in [2.45, 2.75) is 6.10 Å². The second-order valence-corrected chi connectivity index (χ2v) is 6.58. The quantitative estimate of drug-likeness (QED) is 0.818. The van der Waals surface area contributed by atoms with Crippen LogP contribution in [-0.2, 0) is 11.8 Å². The van der Waals surface area contributed by atoms with Crippen LogP contribution in [-0.4, -0.2) is 59.8 Å². The van der Waals surface area contributed by atoms with E-state index in [4.69, 9.17) is 4.74 Å². The summed E-state index contributed by atoms with van der Waals surface area (Å²) in [6, 6.07) is 1.83. The number of rotatable bonds is 4. The number of anilines is 1. The Morgan fingerprint density at radius 1 is 1.54 bits per heavy atom. The van der Waals surface area contributed by atoms with E-state index in [0.29, 0.717) is 37.6 Å². The number of hydrogen-bond donors (Lipinski definition) is 0. The molecule has 0 unspecified atom stereocenters. The summed E-state index contributed by atoms with van der Waals surface area (Å²) in [6.07, 6.45) is 3.07. The lowest BCUT2D eigenvalue weighted by Crippen LogP contribution is -2.49. The van der Waals surface area contributed by atoms with Gasteiger partial charge < -0.3 is 19.1 Å². The van der Waals surface area contributed by atoms with Crippen LogP contribution in [0.25, 0.3) is 0 Å². The maximum absolute atomic E-state index is 12.5. The second kappa shape index (κ2) is 7.14. The zero-order valence-corrected chi connectivity index (χ0v) is 14.5. The molecule has 2 aromatic heterocycles. The third-order valence-electron chi connectivity index (χ3n) is 4.03. The third-order valence-corrected chi connectivity index (χ3v) is 4.72. The number of carbonyl (C=O) groups is 1. The van der Waals surface area contributed by atoms with Gasteiger partial charge in [0.05, 0.1) is 18.3 Å². The zero-order valence-electron chi connectivity index (χ0n) is 13.7. The molecule has 7 nitrogen and oxygen atoms in total. The van der Waals surface area contributed by atoms with Crippen molar-refractivity contribution >= 4 is 23.1 Å². The summed E-state index contributed by atoms with van der Waals surface area (Å²) >= 11 is 1.51. The minimum absolute atomic E-state index is 0.0287. The van der Waals surface area contributed by atoms with Crippen LogP contribution in [0.4, 0.5) is 5.82 Å². The van der Waals surface area contributed by atoms with Gasteiger partial charge in [-0.15, -0.1) is 0 Å². The van der Waals surface area contributed by atoms with Crippen LogP contribution in [0, 0.1) is 0 Å². The lowest BCUT2D eigenvalue weighted by Gasteiger charge is -2.34. The number of hydrogen-bond acceptors (Lipinski definition) is 6. The fraction of sp³-hybridized carbons (Fsp3) is 0.438. The molecule has 1 aliphatic rings. The van der Waals surface area contributed by atoms with E-state index in [1.807, 2.05) is 23.9 Å². The Labute approximate surface area is 144 Å². The first kappa shape index (κ1) is 16.7. The molecular formula is C16H20N4O3S. The zero-order chi connectivity index (χ0) is 17.1. The van der Waals surface area contributed by atoms with Crippen molar-refractivity contribution in [2.75, 3.05) is 38.2 Å². The number of amides is 1. The number of carbonyl (C=O) groups excluding carboxylic acids is 1. The molecule has 1 saturated heterocycles. The summed E-state index contributed by atoms with van der Waals surface area (Å²) in [5, 5.41) is 3.76. The summed E-state index contributed by atoms with van der Waals surface area (Å²) in [5.41, 5.74) is 0.564. The Bertz CT molecular complexity index is 759. The Kier molecular flexibility index (Phi) is 4.96. The third kappa shape index (κ3) is 3.49. The van der Waals surface area contributed by atoms with Gasteiger partial charge in [-0.05, 0) is 11.4 Å². The molecule has 2 aromatic rings. The number of nitrogens with zero attached hydrogens (tertiary/aromatic N) is 4. The molecule has 128 valence electrons. The van der Waals surface area contributed by atoms with Gasteiger partial charge in [0.25, 0.3) is 11.5 Å². The molecule has 1 aliphatic heterocycles. The molecule has 3 heterocycles. The van der Waals surface area contributed by atoms with E-state index in [2.05, 4.69) is 4.98 Å². The molecule has 0 N–H and O–H groups in total. The lowest BCUT2D eigenvalue weighted by atomic mass is 10.2. The SMILES string of the molecule is CN(C[C@H]1CN(C(=O)c2ccsc2)CCO1)c1nccn(C)c1=O.